The van der Waals surface area contributed by atoms with Crippen molar-refractivity contribution in [3.8, 4) is 0 Å². The van der Waals surface area contributed by atoms with Gasteiger partial charge in [-0.2, -0.15) is 0 Å². The van der Waals surface area contributed by atoms with E-state index in [4.69, 9.17) is 0 Å². The summed E-state index contributed by atoms with van der Waals surface area (Å²) in [6, 6.07) is 4.05. The van der Waals surface area contributed by atoms with Crippen LogP contribution in [0.5, 0.6) is 0 Å². The number of hydrogen-bond donors (Lipinski definition) is 1. The molecule has 136 valence electrons. The lowest BCUT2D eigenvalue weighted by molar-refractivity contribution is -0.135. The second-order valence-electron chi connectivity index (χ2n) is 7.08. The molecule has 25 heavy (non-hydrogen) atoms. The van der Waals surface area contributed by atoms with Gasteiger partial charge in [0.15, 0.2) is 0 Å². The highest BCUT2D eigenvalue weighted by Gasteiger charge is 2.29. The maximum atomic E-state index is 12.8. The first-order valence-electron chi connectivity index (χ1n) is 9.31. The molecule has 0 saturated carbocycles. The predicted octanol–water partition coefficient (Wildman–Crippen LogP) is 1.59. The number of piperazine rings is 1. The summed E-state index contributed by atoms with van der Waals surface area (Å²) in [7, 11) is 0. The molecule has 2 fully saturated rings. The Balaban J connectivity index is 1.52. The molecule has 1 unspecified atom stereocenters. The molecule has 2 aliphatic rings. The van der Waals surface area contributed by atoms with Crippen molar-refractivity contribution in [3.63, 3.8) is 0 Å². The van der Waals surface area contributed by atoms with Gasteiger partial charge < -0.3 is 15.1 Å². The van der Waals surface area contributed by atoms with Crippen LogP contribution in [0.15, 0.2) is 24.5 Å². The molecule has 2 aliphatic heterocycles. The quantitative estimate of drug-likeness (QED) is 0.901. The normalized spacial score (nSPS) is 22.0. The van der Waals surface area contributed by atoms with Crippen molar-refractivity contribution >= 4 is 11.8 Å². The number of amides is 2. The van der Waals surface area contributed by atoms with Crippen LogP contribution in [-0.4, -0.2) is 59.3 Å². The van der Waals surface area contributed by atoms with E-state index in [0.29, 0.717) is 12.3 Å². The Hall–Kier alpha value is -1.95. The summed E-state index contributed by atoms with van der Waals surface area (Å²) in [6.07, 6.45) is 7.17. The molecule has 0 bridgehead atoms. The van der Waals surface area contributed by atoms with Gasteiger partial charge in [-0.15, -0.1) is 0 Å². The minimum atomic E-state index is 0.0783. The van der Waals surface area contributed by atoms with Gasteiger partial charge in [0.25, 0.3) is 0 Å². The second-order valence-corrected chi connectivity index (χ2v) is 7.08. The molecule has 0 spiro atoms. The number of piperidine rings is 1. The van der Waals surface area contributed by atoms with Crippen molar-refractivity contribution < 1.29 is 9.59 Å². The monoisotopic (exact) mass is 344 g/mol. The van der Waals surface area contributed by atoms with Crippen LogP contribution in [0.2, 0.25) is 0 Å². The summed E-state index contributed by atoms with van der Waals surface area (Å²) in [5.41, 5.74) is 1.10. The number of aromatic nitrogens is 1. The van der Waals surface area contributed by atoms with Gasteiger partial charge in [0.2, 0.25) is 11.8 Å². The van der Waals surface area contributed by atoms with Crippen LogP contribution in [0.25, 0.3) is 0 Å². The molecular weight excluding hydrogens is 316 g/mol. The number of nitrogens with zero attached hydrogens (tertiary/aromatic N) is 3. The molecule has 1 aromatic heterocycles. The number of carbonyl (C=O) groups is 2. The zero-order valence-corrected chi connectivity index (χ0v) is 15.0. The smallest absolute Gasteiger partial charge is 0.223 e. The molecular formula is C19H28N4O2. The van der Waals surface area contributed by atoms with E-state index in [2.05, 4.69) is 10.3 Å². The first-order valence-corrected chi connectivity index (χ1v) is 9.31. The van der Waals surface area contributed by atoms with Crippen LogP contribution in [0.3, 0.4) is 0 Å². The van der Waals surface area contributed by atoms with E-state index in [9.17, 15) is 9.59 Å². The van der Waals surface area contributed by atoms with Crippen LogP contribution in [0.1, 0.15) is 44.2 Å². The Labute approximate surface area is 149 Å². The number of rotatable bonds is 4. The third kappa shape index (κ3) is 4.57. The number of hydrogen-bond acceptors (Lipinski definition) is 4. The molecule has 6 nitrogen and oxygen atoms in total. The summed E-state index contributed by atoms with van der Waals surface area (Å²) in [4.78, 5) is 32.3. The first-order chi connectivity index (χ1) is 12.1. The second kappa shape index (κ2) is 8.43. The fourth-order valence-electron chi connectivity index (χ4n) is 3.88. The zero-order valence-electron chi connectivity index (χ0n) is 15.0. The van der Waals surface area contributed by atoms with E-state index >= 15 is 0 Å². The lowest BCUT2D eigenvalue weighted by Crippen LogP contribution is -2.48. The summed E-state index contributed by atoms with van der Waals surface area (Å²) in [6.45, 7) is 5.68. The van der Waals surface area contributed by atoms with Gasteiger partial charge in [-0.05, 0) is 36.8 Å². The van der Waals surface area contributed by atoms with Crippen molar-refractivity contribution in [2.75, 3.05) is 32.7 Å². The van der Waals surface area contributed by atoms with E-state index in [1.807, 2.05) is 28.1 Å². The number of nitrogens with one attached hydrogen (secondary N) is 1. The van der Waals surface area contributed by atoms with Gasteiger partial charge >= 0.3 is 0 Å². The molecule has 3 rings (SSSR count). The lowest BCUT2D eigenvalue weighted by Gasteiger charge is -2.37. The van der Waals surface area contributed by atoms with Crippen LogP contribution < -0.4 is 5.32 Å². The minimum Gasteiger partial charge on any atom is -0.343 e. The molecule has 0 radical (unpaired) electrons. The first kappa shape index (κ1) is 17.9. The van der Waals surface area contributed by atoms with Gasteiger partial charge in [-0.3, -0.25) is 14.6 Å². The number of pyridine rings is 1. The molecule has 0 aromatic carbocycles. The van der Waals surface area contributed by atoms with Crippen LogP contribution in [0, 0.1) is 5.92 Å². The van der Waals surface area contributed by atoms with Crippen molar-refractivity contribution in [1.82, 2.24) is 20.1 Å². The Morgan fingerprint density at radius 1 is 1.28 bits per heavy atom. The highest BCUT2D eigenvalue weighted by atomic mass is 16.2. The average Bonchev–Trinajstić information content (AvgIpc) is 2.67. The third-order valence-corrected chi connectivity index (χ3v) is 5.46. The van der Waals surface area contributed by atoms with E-state index in [1.165, 1.54) is 0 Å². The topological polar surface area (TPSA) is 65.5 Å². The van der Waals surface area contributed by atoms with E-state index in [0.717, 1.165) is 57.5 Å². The molecule has 1 N–H and O–H groups in total. The van der Waals surface area contributed by atoms with Gasteiger partial charge in [0.1, 0.15) is 0 Å². The maximum Gasteiger partial charge on any atom is 0.223 e. The fourth-order valence-corrected chi connectivity index (χ4v) is 3.88. The van der Waals surface area contributed by atoms with E-state index in [1.54, 1.807) is 13.1 Å². The van der Waals surface area contributed by atoms with Crippen molar-refractivity contribution in [1.29, 1.82) is 0 Å². The van der Waals surface area contributed by atoms with Crippen LogP contribution in [0.4, 0.5) is 0 Å². The van der Waals surface area contributed by atoms with Gasteiger partial charge in [-0.25, -0.2) is 0 Å². The van der Waals surface area contributed by atoms with E-state index < -0.39 is 0 Å². The van der Waals surface area contributed by atoms with Crippen molar-refractivity contribution in [2.24, 2.45) is 5.92 Å². The molecule has 6 heteroatoms. The molecule has 2 amide bonds. The summed E-state index contributed by atoms with van der Waals surface area (Å²) >= 11 is 0. The molecule has 1 atom stereocenters. The Morgan fingerprint density at radius 2 is 2.08 bits per heavy atom. The third-order valence-electron chi connectivity index (χ3n) is 5.46. The SMILES string of the molecule is CC(=O)N1CCC(CCC(=O)N2CCNCC2c2cccnc2)CC1. The molecule has 3 heterocycles. The van der Waals surface area contributed by atoms with Gasteiger partial charge in [0, 0.05) is 58.5 Å². The summed E-state index contributed by atoms with van der Waals surface area (Å²) < 4.78 is 0. The van der Waals surface area contributed by atoms with Crippen molar-refractivity contribution in [3.05, 3.63) is 30.1 Å². The summed E-state index contributed by atoms with van der Waals surface area (Å²) in [5, 5.41) is 3.38. The van der Waals surface area contributed by atoms with Crippen molar-refractivity contribution in [2.45, 2.75) is 38.6 Å². The van der Waals surface area contributed by atoms with Crippen LogP contribution >= 0.6 is 0 Å². The minimum absolute atomic E-state index is 0.0783. The zero-order chi connectivity index (χ0) is 17.6. The highest BCUT2D eigenvalue weighted by molar-refractivity contribution is 5.77. The standard InChI is InChI=1S/C19H28N4O2/c1-15(24)22-10-6-16(7-11-22)4-5-19(25)23-12-9-21-14-18(23)17-3-2-8-20-13-17/h2-3,8,13,16,18,21H,4-7,9-12,14H2,1H3. The average molecular weight is 344 g/mol. The Kier molecular flexibility index (Phi) is 6.02. The number of carbonyl (C=O) groups excluding carboxylic acids is 2. The summed E-state index contributed by atoms with van der Waals surface area (Å²) in [5.74, 6) is 0.957. The fraction of sp³-hybridized carbons (Fsp3) is 0.632. The number of likely N-dealkylation sites (tertiary alicyclic amines) is 1. The molecule has 0 aliphatic carbocycles. The van der Waals surface area contributed by atoms with Gasteiger partial charge in [-0.1, -0.05) is 6.07 Å². The molecule has 2 saturated heterocycles. The predicted molar refractivity (Wildman–Crippen MR) is 95.8 cm³/mol. The van der Waals surface area contributed by atoms with Gasteiger partial charge in [0.05, 0.1) is 6.04 Å². The van der Waals surface area contributed by atoms with E-state index in [-0.39, 0.29) is 17.9 Å². The largest absolute Gasteiger partial charge is 0.343 e. The Bertz CT molecular complexity index is 584. The van der Waals surface area contributed by atoms with Crippen LogP contribution in [-0.2, 0) is 9.59 Å². The molecule has 1 aromatic rings. The Morgan fingerprint density at radius 3 is 2.76 bits per heavy atom. The lowest BCUT2D eigenvalue weighted by atomic mass is 9.91. The maximum absolute atomic E-state index is 12.8. The highest BCUT2D eigenvalue weighted by Crippen LogP contribution is 2.26.